The molecular weight excluding hydrogens is 195 g/mol. The van der Waals surface area contributed by atoms with Crippen LogP contribution in [0.3, 0.4) is 0 Å². The molecule has 0 bridgehead atoms. The highest BCUT2D eigenvalue weighted by Crippen LogP contribution is 2.36. The molecule has 1 aliphatic carbocycles. The van der Waals surface area contributed by atoms with Gasteiger partial charge in [0.1, 0.15) is 0 Å². The fourth-order valence-electron chi connectivity index (χ4n) is 1.61. The molecule has 1 rings (SSSR count). The lowest BCUT2D eigenvalue weighted by atomic mass is 10.2. The Morgan fingerprint density at radius 1 is 1.50 bits per heavy atom. The van der Waals surface area contributed by atoms with E-state index in [0.717, 1.165) is 17.7 Å². The molecule has 5 heteroatoms. The molecule has 0 radical (unpaired) electrons. The Balaban J connectivity index is 2.65. The van der Waals surface area contributed by atoms with Crippen molar-refractivity contribution < 1.29 is 18.0 Å². The predicted molar refractivity (Wildman–Crippen MR) is 45.6 cm³/mol. The third-order valence-electron chi connectivity index (χ3n) is 2.64. The second-order valence-corrected chi connectivity index (χ2v) is 3.67. The van der Waals surface area contributed by atoms with Gasteiger partial charge in [0.25, 0.3) is 0 Å². The van der Waals surface area contributed by atoms with Crippen LogP contribution >= 0.6 is 0 Å². The van der Waals surface area contributed by atoms with Gasteiger partial charge >= 0.3 is 12.1 Å². The number of alkyl halides is 3. The Morgan fingerprint density at radius 3 is 2.29 bits per heavy atom. The average molecular weight is 209 g/mol. The highest BCUT2D eigenvalue weighted by Gasteiger charge is 2.45. The molecule has 1 aliphatic rings. The van der Waals surface area contributed by atoms with Gasteiger partial charge in [-0.3, -0.25) is 4.79 Å². The van der Waals surface area contributed by atoms with Gasteiger partial charge in [-0.15, -0.1) is 0 Å². The molecule has 0 aromatic heterocycles. The smallest absolute Gasteiger partial charge is 0.332 e. The van der Waals surface area contributed by atoms with Gasteiger partial charge in [0, 0.05) is 12.6 Å². The largest absolute Gasteiger partial charge is 0.471 e. The van der Waals surface area contributed by atoms with E-state index in [1.165, 1.54) is 0 Å². The fraction of sp³-hybridized carbons (Fsp3) is 0.889. The van der Waals surface area contributed by atoms with E-state index in [9.17, 15) is 18.0 Å². The lowest BCUT2D eigenvalue weighted by molar-refractivity contribution is -0.187. The van der Waals surface area contributed by atoms with Crippen molar-refractivity contribution in [2.24, 2.45) is 5.92 Å². The van der Waals surface area contributed by atoms with Gasteiger partial charge in [0.15, 0.2) is 0 Å². The summed E-state index contributed by atoms with van der Waals surface area (Å²) in [5, 5.41) is 0. The topological polar surface area (TPSA) is 20.3 Å². The second-order valence-electron chi connectivity index (χ2n) is 3.67. The molecular formula is C9H14F3NO. The molecule has 0 saturated heterocycles. The van der Waals surface area contributed by atoms with E-state index in [4.69, 9.17) is 0 Å². The molecule has 0 spiro atoms. The zero-order valence-electron chi connectivity index (χ0n) is 8.27. The quantitative estimate of drug-likeness (QED) is 0.697. The van der Waals surface area contributed by atoms with Crippen LogP contribution in [-0.2, 0) is 4.79 Å². The first-order valence-electron chi connectivity index (χ1n) is 4.75. The summed E-state index contributed by atoms with van der Waals surface area (Å²) in [6.45, 7) is 3.38. The standard InChI is InChI=1S/C9H14F3NO/c1-3-13(6(2)7-4-5-7)8(14)9(10,11)12/h6-7H,3-5H2,1-2H3. The third kappa shape index (κ3) is 2.39. The van der Waals surface area contributed by atoms with E-state index in [1.807, 2.05) is 0 Å². The maximum Gasteiger partial charge on any atom is 0.471 e. The number of rotatable bonds is 3. The van der Waals surface area contributed by atoms with Gasteiger partial charge in [0.2, 0.25) is 0 Å². The molecule has 0 heterocycles. The number of amides is 1. The molecule has 1 unspecified atom stereocenters. The zero-order valence-corrected chi connectivity index (χ0v) is 8.27. The van der Waals surface area contributed by atoms with Gasteiger partial charge in [-0.2, -0.15) is 13.2 Å². The van der Waals surface area contributed by atoms with Crippen molar-refractivity contribution in [3.05, 3.63) is 0 Å². The SMILES string of the molecule is CCN(C(=O)C(F)(F)F)C(C)C1CC1. The Hall–Kier alpha value is -0.740. The van der Waals surface area contributed by atoms with E-state index in [2.05, 4.69) is 0 Å². The molecule has 1 atom stereocenters. The molecule has 2 nitrogen and oxygen atoms in total. The Morgan fingerprint density at radius 2 is 2.00 bits per heavy atom. The zero-order chi connectivity index (χ0) is 10.9. The lowest BCUT2D eigenvalue weighted by Crippen LogP contribution is -2.46. The van der Waals surface area contributed by atoms with Gasteiger partial charge in [-0.1, -0.05) is 0 Å². The minimum absolute atomic E-state index is 0.121. The van der Waals surface area contributed by atoms with E-state index in [0.29, 0.717) is 0 Å². The summed E-state index contributed by atoms with van der Waals surface area (Å²) in [4.78, 5) is 11.9. The highest BCUT2D eigenvalue weighted by molar-refractivity contribution is 5.82. The van der Waals surface area contributed by atoms with Gasteiger partial charge in [0.05, 0.1) is 0 Å². The van der Waals surface area contributed by atoms with Crippen molar-refractivity contribution in [1.82, 2.24) is 4.90 Å². The summed E-state index contributed by atoms with van der Waals surface area (Å²) in [5.41, 5.74) is 0. The monoisotopic (exact) mass is 209 g/mol. The first-order valence-corrected chi connectivity index (χ1v) is 4.75. The van der Waals surface area contributed by atoms with Crippen LogP contribution in [0, 0.1) is 5.92 Å². The van der Waals surface area contributed by atoms with Gasteiger partial charge in [-0.25, -0.2) is 0 Å². The van der Waals surface area contributed by atoms with Crippen LogP contribution < -0.4 is 0 Å². The number of nitrogens with zero attached hydrogens (tertiary/aromatic N) is 1. The van der Waals surface area contributed by atoms with E-state index < -0.39 is 12.1 Å². The molecule has 14 heavy (non-hydrogen) atoms. The first kappa shape index (κ1) is 11.3. The Kier molecular flexibility index (Phi) is 3.07. The Bertz CT molecular complexity index is 223. The number of hydrogen-bond acceptors (Lipinski definition) is 1. The molecule has 0 aromatic rings. The molecule has 0 aromatic carbocycles. The normalized spacial score (nSPS) is 19.2. The first-order chi connectivity index (χ1) is 6.38. The van der Waals surface area contributed by atoms with E-state index in [1.54, 1.807) is 13.8 Å². The van der Waals surface area contributed by atoms with Crippen LogP contribution in [-0.4, -0.2) is 29.6 Å². The minimum atomic E-state index is -4.74. The van der Waals surface area contributed by atoms with Gasteiger partial charge < -0.3 is 4.90 Å². The van der Waals surface area contributed by atoms with Crippen LogP contribution in [0.25, 0.3) is 0 Å². The predicted octanol–water partition coefficient (Wildman–Crippen LogP) is 2.20. The molecule has 0 aliphatic heterocycles. The van der Waals surface area contributed by atoms with Crippen molar-refractivity contribution >= 4 is 5.91 Å². The van der Waals surface area contributed by atoms with Crippen molar-refractivity contribution in [1.29, 1.82) is 0 Å². The van der Waals surface area contributed by atoms with Crippen molar-refractivity contribution in [2.45, 2.75) is 38.9 Å². The molecule has 1 amide bonds. The average Bonchev–Trinajstić information content (AvgIpc) is 2.85. The number of hydrogen-bond donors (Lipinski definition) is 0. The number of halogens is 3. The molecule has 82 valence electrons. The summed E-state index contributed by atoms with van der Waals surface area (Å²) in [7, 11) is 0. The summed E-state index contributed by atoms with van der Waals surface area (Å²) >= 11 is 0. The van der Waals surface area contributed by atoms with Crippen LogP contribution in [0.15, 0.2) is 0 Å². The molecule has 0 N–H and O–H groups in total. The van der Waals surface area contributed by atoms with Crippen LogP contribution in [0.4, 0.5) is 13.2 Å². The van der Waals surface area contributed by atoms with Crippen molar-refractivity contribution in [3.63, 3.8) is 0 Å². The van der Waals surface area contributed by atoms with Crippen LogP contribution in [0.2, 0.25) is 0 Å². The van der Waals surface area contributed by atoms with Crippen molar-refractivity contribution in [3.8, 4) is 0 Å². The van der Waals surface area contributed by atoms with Gasteiger partial charge in [-0.05, 0) is 32.6 Å². The summed E-state index contributed by atoms with van der Waals surface area (Å²) < 4.78 is 36.4. The van der Waals surface area contributed by atoms with Crippen molar-refractivity contribution in [2.75, 3.05) is 6.54 Å². The number of carbonyl (C=O) groups is 1. The summed E-state index contributed by atoms with van der Waals surface area (Å²) in [6, 6.07) is -0.283. The summed E-state index contributed by atoms with van der Waals surface area (Å²) in [6.07, 6.45) is -2.87. The Labute approximate surface area is 81.1 Å². The number of carbonyl (C=O) groups excluding carboxylic acids is 1. The van der Waals surface area contributed by atoms with Crippen LogP contribution in [0.5, 0.6) is 0 Å². The summed E-state index contributed by atoms with van der Waals surface area (Å²) in [5.74, 6) is -1.44. The fourth-order valence-corrected chi connectivity index (χ4v) is 1.61. The van der Waals surface area contributed by atoms with E-state index >= 15 is 0 Å². The second kappa shape index (κ2) is 3.79. The lowest BCUT2D eigenvalue weighted by Gasteiger charge is -2.28. The van der Waals surface area contributed by atoms with E-state index in [-0.39, 0.29) is 18.5 Å². The third-order valence-corrected chi connectivity index (χ3v) is 2.64. The molecule has 1 saturated carbocycles. The minimum Gasteiger partial charge on any atom is -0.332 e. The maximum absolute atomic E-state index is 12.1. The van der Waals surface area contributed by atoms with Crippen LogP contribution in [0.1, 0.15) is 26.7 Å². The highest BCUT2D eigenvalue weighted by atomic mass is 19.4. The molecule has 1 fully saturated rings. The maximum atomic E-state index is 12.1.